The molecule has 0 bridgehead atoms. The van der Waals surface area contributed by atoms with Crippen molar-refractivity contribution in [1.82, 2.24) is 24.6 Å². The Bertz CT molecular complexity index is 1420. The fourth-order valence-corrected chi connectivity index (χ4v) is 5.85. The first kappa shape index (κ1) is 22.0. The van der Waals surface area contributed by atoms with Crippen LogP contribution >= 0.6 is 0 Å². The Morgan fingerprint density at radius 2 is 2.03 bits per heavy atom. The molecule has 0 spiro atoms. The highest BCUT2D eigenvalue weighted by Gasteiger charge is 2.42. The molecule has 1 amide bonds. The van der Waals surface area contributed by atoms with Crippen LogP contribution in [-0.2, 0) is 14.8 Å². The molecule has 174 valence electrons. The van der Waals surface area contributed by atoms with Gasteiger partial charge in [-0.25, -0.2) is 27.5 Å². The van der Waals surface area contributed by atoms with Gasteiger partial charge in [-0.1, -0.05) is 19.9 Å². The van der Waals surface area contributed by atoms with Crippen LogP contribution in [0.4, 0.5) is 4.39 Å². The van der Waals surface area contributed by atoms with Crippen molar-refractivity contribution >= 4 is 43.4 Å². The fourth-order valence-electron chi connectivity index (χ4n) is 4.29. The van der Waals surface area contributed by atoms with E-state index in [0.29, 0.717) is 47.1 Å². The van der Waals surface area contributed by atoms with Gasteiger partial charge in [-0.3, -0.25) is 4.79 Å². The number of fused-ring (bicyclic) bond motifs is 3. The zero-order chi connectivity index (χ0) is 23.5. The normalized spacial score (nSPS) is 18.2. The summed E-state index contributed by atoms with van der Waals surface area (Å²) in [5.74, 6) is -0.777. The Labute approximate surface area is 191 Å². The SMILES string of the molecule is CC(C)C(=O)N1CC=C(c2ncnc3[nH]c4cc(S(=O)(=O)NC5(C)CC5)c(F)cc4c23)CC1. The van der Waals surface area contributed by atoms with Crippen molar-refractivity contribution in [2.45, 2.75) is 50.5 Å². The van der Waals surface area contributed by atoms with Gasteiger partial charge in [0.1, 0.15) is 22.7 Å². The zero-order valence-corrected chi connectivity index (χ0v) is 19.6. The Kier molecular flexibility index (Phi) is 5.06. The van der Waals surface area contributed by atoms with Gasteiger partial charge in [0, 0.05) is 35.4 Å². The van der Waals surface area contributed by atoms with Gasteiger partial charge in [0.15, 0.2) is 0 Å². The molecule has 2 aliphatic rings. The molecule has 8 nitrogen and oxygen atoms in total. The minimum absolute atomic E-state index is 0.0650. The molecule has 3 heterocycles. The van der Waals surface area contributed by atoms with Crippen LogP contribution in [0.15, 0.2) is 29.4 Å². The van der Waals surface area contributed by atoms with Gasteiger partial charge in [-0.2, -0.15) is 0 Å². The van der Waals surface area contributed by atoms with Crippen LogP contribution in [0.2, 0.25) is 0 Å². The second-order valence-electron chi connectivity index (χ2n) is 9.48. The predicted molar refractivity (Wildman–Crippen MR) is 123 cm³/mol. The Balaban J connectivity index is 1.57. The summed E-state index contributed by atoms with van der Waals surface area (Å²) in [4.78, 5) is 25.6. The summed E-state index contributed by atoms with van der Waals surface area (Å²) < 4.78 is 43.2. The monoisotopic (exact) mass is 471 g/mol. The van der Waals surface area contributed by atoms with Crippen LogP contribution in [0, 0.1) is 11.7 Å². The topological polar surface area (TPSA) is 108 Å². The highest BCUT2D eigenvalue weighted by atomic mass is 32.2. The predicted octanol–water partition coefficient (Wildman–Crippen LogP) is 3.35. The number of halogens is 1. The van der Waals surface area contributed by atoms with E-state index in [1.165, 1.54) is 18.5 Å². The first-order valence-electron chi connectivity index (χ1n) is 11.1. The molecule has 3 aromatic rings. The van der Waals surface area contributed by atoms with Gasteiger partial charge in [-0.15, -0.1) is 0 Å². The number of carbonyl (C=O) groups is 1. The number of hydrogen-bond acceptors (Lipinski definition) is 5. The molecule has 2 aromatic heterocycles. The highest BCUT2D eigenvalue weighted by Crippen LogP contribution is 2.38. The third kappa shape index (κ3) is 3.91. The van der Waals surface area contributed by atoms with Crippen molar-refractivity contribution in [3.8, 4) is 0 Å². The molecule has 1 fully saturated rings. The van der Waals surface area contributed by atoms with Gasteiger partial charge in [0.2, 0.25) is 15.9 Å². The van der Waals surface area contributed by atoms with E-state index in [2.05, 4.69) is 19.7 Å². The smallest absolute Gasteiger partial charge is 0.244 e. The van der Waals surface area contributed by atoms with E-state index in [1.807, 2.05) is 24.8 Å². The molecular weight excluding hydrogens is 445 g/mol. The lowest BCUT2D eigenvalue weighted by Crippen LogP contribution is -2.37. The van der Waals surface area contributed by atoms with Crippen LogP contribution in [-0.4, -0.2) is 52.8 Å². The number of rotatable bonds is 5. The molecule has 0 atom stereocenters. The molecule has 1 aliphatic heterocycles. The summed E-state index contributed by atoms with van der Waals surface area (Å²) >= 11 is 0. The molecule has 1 saturated carbocycles. The molecule has 1 aromatic carbocycles. The summed E-state index contributed by atoms with van der Waals surface area (Å²) in [6, 6.07) is 2.56. The van der Waals surface area contributed by atoms with E-state index >= 15 is 4.39 Å². The van der Waals surface area contributed by atoms with E-state index in [9.17, 15) is 13.2 Å². The van der Waals surface area contributed by atoms with Gasteiger partial charge >= 0.3 is 0 Å². The number of H-pyrrole nitrogens is 1. The van der Waals surface area contributed by atoms with E-state index in [1.54, 1.807) is 6.92 Å². The summed E-state index contributed by atoms with van der Waals surface area (Å²) in [6.07, 6.45) is 5.49. The minimum atomic E-state index is -4.00. The number of carbonyl (C=O) groups excluding carboxylic acids is 1. The third-order valence-electron chi connectivity index (χ3n) is 6.43. The second kappa shape index (κ2) is 7.59. The zero-order valence-electron chi connectivity index (χ0n) is 18.8. The number of amides is 1. The lowest BCUT2D eigenvalue weighted by molar-refractivity contribution is -0.134. The van der Waals surface area contributed by atoms with Gasteiger partial charge < -0.3 is 9.88 Å². The summed E-state index contributed by atoms with van der Waals surface area (Å²) in [7, 11) is -4.00. The Morgan fingerprint density at radius 3 is 2.67 bits per heavy atom. The summed E-state index contributed by atoms with van der Waals surface area (Å²) in [5.41, 5.74) is 2.10. The van der Waals surface area contributed by atoms with Crippen LogP contribution in [0.5, 0.6) is 0 Å². The van der Waals surface area contributed by atoms with E-state index in [0.717, 1.165) is 18.4 Å². The van der Waals surface area contributed by atoms with Crippen LogP contribution in [0.1, 0.15) is 45.7 Å². The number of aromatic nitrogens is 3. The number of nitrogens with zero attached hydrogens (tertiary/aromatic N) is 3. The minimum Gasteiger partial charge on any atom is -0.339 e. The molecule has 0 saturated heterocycles. The first-order chi connectivity index (χ1) is 15.6. The standard InChI is InChI=1S/C23H26FN5O3S/c1-13(2)22(30)29-8-4-14(5-9-29)20-19-15-10-16(24)18(33(31,32)28-23(3)6-7-23)11-17(15)27-21(19)26-12-25-20/h4,10-13,28H,5-9H2,1-3H3,(H,25,26,27). The molecule has 33 heavy (non-hydrogen) atoms. The van der Waals surface area contributed by atoms with Crippen LogP contribution in [0.3, 0.4) is 0 Å². The molecular formula is C23H26FN5O3S. The third-order valence-corrected chi connectivity index (χ3v) is 8.08. The second-order valence-corrected chi connectivity index (χ2v) is 11.1. The highest BCUT2D eigenvalue weighted by molar-refractivity contribution is 7.89. The van der Waals surface area contributed by atoms with Crippen LogP contribution in [0.25, 0.3) is 27.5 Å². The van der Waals surface area contributed by atoms with Crippen molar-refractivity contribution in [3.05, 3.63) is 36.0 Å². The van der Waals surface area contributed by atoms with Gasteiger partial charge in [0.05, 0.1) is 11.1 Å². The van der Waals surface area contributed by atoms with Crippen molar-refractivity contribution in [1.29, 1.82) is 0 Å². The largest absolute Gasteiger partial charge is 0.339 e. The molecule has 0 unspecified atom stereocenters. The molecule has 5 rings (SSSR count). The summed E-state index contributed by atoms with van der Waals surface area (Å²) in [5, 5.41) is 1.17. The van der Waals surface area contributed by atoms with Crippen molar-refractivity contribution in [2.24, 2.45) is 5.92 Å². The van der Waals surface area contributed by atoms with Crippen molar-refractivity contribution in [2.75, 3.05) is 13.1 Å². The lowest BCUT2D eigenvalue weighted by atomic mass is 10.00. The van der Waals surface area contributed by atoms with E-state index in [4.69, 9.17) is 0 Å². The Hall–Kier alpha value is -2.85. The fraction of sp³-hybridized carbons (Fsp3) is 0.435. The van der Waals surface area contributed by atoms with E-state index < -0.39 is 21.4 Å². The van der Waals surface area contributed by atoms with Crippen LogP contribution < -0.4 is 4.72 Å². The van der Waals surface area contributed by atoms with Crippen molar-refractivity contribution < 1.29 is 17.6 Å². The maximum Gasteiger partial charge on any atom is 0.244 e. The summed E-state index contributed by atoms with van der Waals surface area (Å²) in [6.45, 7) is 6.63. The van der Waals surface area contributed by atoms with Gasteiger partial charge in [-0.05, 0) is 43.9 Å². The maximum absolute atomic E-state index is 15.1. The average molecular weight is 472 g/mol. The van der Waals surface area contributed by atoms with Crippen molar-refractivity contribution in [3.63, 3.8) is 0 Å². The molecule has 1 aliphatic carbocycles. The molecule has 0 radical (unpaired) electrons. The molecule has 10 heteroatoms. The molecule has 2 N–H and O–H groups in total. The number of aromatic amines is 1. The number of benzene rings is 1. The number of hydrogen-bond donors (Lipinski definition) is 2. The number of sulfonamides is 1. The maximum atomic E-state index is 15.1. The average Bonchev–Trinajstić information content (AvgIpc) is 3.37. The quantitative estimate of drug-likeness (QED) is 0.593. The lowest BCUT2D eigenvalue weighted by Gasteiger charge is -2.28. The number of nitrogens with one attached hydrogen (secondary N) is 2. The Morgan fingerprint density at radius 1 is 1.27 bits per heavy atom. The van der Waals surface area contributed by atoms with E-state index in [-0.39, 0.29) is 16.7 Å². The van der Waals surface area contributed by atoms with Gasteiger partial charge in [0.25, 0.3) is 0 Å². The first-order valence-corrected chi connectivity index (χ1v) is 12.5.